The Bertz CT molecular complexity index is 554. The van der Waals surface area contributed by atoms with Gasteiger partial charge in [-0.05, 0) is 42.5 Å². The predicted octanol–water partition coefficient (Wildman–Crippen LogP) is 4.11. The minimum Gasteiger partial charge on any atom is -0.508 e. The summed E-state index contributed by atoms with van der Waals surface area (Å²) in [6.45, 7) is 0.672. The van der Waals surface area contributed by atoms with Gasteiger partial charge in [0.1, 0.15) is 5.75 Å². The third-order valence-electron chi connectivity index (χ3n) is 2.91. The van der Waals surface area contributed by atoms with Crippen molar-refractivity contribution in [1.82, 2.24) is 0 Å². The molecule has 0 saturated heterocycles. The molecule has 0 radical (unpaired) electrons. The van der Waals surface area contributed by atoms with Crippen LogP contribution in [0.25, 0.3) is 10.8 Å². The van der Waals surface area contributed by atoms with Gasteiger partial charge in [-0.3, -0.25) is 0 Å². The van der Waals surface area contributed by atoms with Crippen LogP contribution in [0.5, 0.6) is 17.2 Å². The molecule has 0 bridgehead atoms. The molecule has 102 valence electrons. The summed E-state index contributed by atoms with van der Waals surface area (Å²) in [5.74, 6) is 1.71. The van der Waals surface area contributed by atoms with Crippen LogP contribution in [0.4, 0.5) is 0 Å². The molecule has 0 amide bonds. The molecule has 0 saturated carbocycles. The first-order chi connectivity index (χ1) is 9.26. The first-order valence-electron chi connectivity index (χ1n) is 6.24. The highest BCUT2D eigenvalue weighted by atomic mass is 79.9. The van der Waals surface area contributed by atoms with Crippen molar-refractivity contribution in [1.29, 1.82) is 0 Å². The lowest BCUT2D eigenvalue weighted by Gasteiger charge is -2.13. The molecule has 19 heavy (non-hydrogen) atoms. The van der Waals surface area contributed by atoms with E-state index in [-0.39, 0.29) is 5.75 Å². The number of phenolic OH excluding ortho intramolecular Hbond substituents is 1. The van der Waals surface area contributed by atoms with Gasteiger partial charge >= 0.3 is 0 Å². The van der Waals surface area contributed by atoms with E-state index in [0.29, 0.717) is 6.61 Å². The lowest BCUT2D eigenvalue weighted by Crippen LogP contribution is -2.00. The number of aromatic hydroxyl groups is 1. The van der Waals surface area contributed by atoms with Gasteiger partial charge < -0.3 is 14.6 Å². The Morgan fingerprint density at radius 3 is 2.74 bits per heavy atom. The van der Waals surface area contributed by atoms with Gasteiger partial charge in [0.15, 0.2) is 11.5 Å². The second-order valence-electron chi connectivity index (χ2n) is 4.25. The van der Waals surface area contributed by atoms with Gasteiger partial charge in [-0.1, -0.05) is 22.0 Å². The average molecular weight is 325 g/mol. The molecule has 0 aliphatic rings. The Morgan fingerprint density at radius 1 is 1.16 bits per heavy atom. The average Bonchev–Trinajstić information content (AvgIpc) is 2.43. The molecular weight excluding hydrogens is 308 g/mol. The van der Waals surface area contributed by atoms with Crippen LogP contribution in [-0.4, -0.2) is 24.2 Å². The highest BCUT2D eigenvalue weighted by molar-refractivity contribution is 9.09. The number of fused-ring (bicyclic) bond motifs is 1. The van der Waals surface area contributed by atoms with E-state index >= 15 is 0 Å². The van der Waals surface area contributed by atoms with Crippen molar-refractivity contribution >= 4 is 26.7 Å². The highest BCUT2D eigenvalue weighted by Gasteiger charge is 2.09. The zero-order valence-corrected chi connectivity index (χ0v) is 12.4. The van der Waals surface area contributed by atoms with Crippen LogP contribution in [0.15, 0.2) is 30.3 Å². The smallest absolute Gasteiger partial charge is 0.168 e. The number of hydrogen-bond acceptors (Lipinski definition) is 3. The normalized spacial score (nSPS) is 10.6. The quantitative estimate of drug-likeness (QED) is 0.642. The standard InChI is InChI=1S/C15H17BrO3/c1-18-15-13-6-5-12(17)10-11(13)4-7-14(15)19-9-3-2-8-16/h4-7,10,17H,2-3,8-9H2,1H3. The lowest BCUT2D eigenvalue weighted by atomic mass is 10.1. The maximum atomic E-state index is 9.49. The van der Waals surface area contributed by atoms with Crippen molar-refractivity contribution < 1.29 is 14.6 Å². The van der Waals surface area contributed by atoms with Gasteiger partial charge in [-0.2, -0.15) is 0 Å². The van der Waals surface area contributed by atoms with E-state index in [9.17, 15) is 5.11 Å². The summed E-state index contributed by atoms with van der Waals surface area (Å²) >= 11 is 3.40. The first kappa shape index (κ1) is 14.0. The summed E-state index contributed by atoms with van der Waals surface area (Å²) in [6, 6.07) is 9.02. The predicted molar refractivity (Wildman–Crippen MR) is 80.7 cm³/mol. The van der Waals surface area contributed by atoms with Crippen LogP contribution in [0, 0.1) is 0 Å². The van der Waals surface area contributed by atoms with Crippen LogP contribution < -0.4 is 9.47 Å². The van der Waals surface area contributed by atoms with Crippen molar-refractivity contribution in [2.24, 2.45) is 0 Å². The number of unbranched alkanes of at least 4 members (excludes halogenated alkanes) is 1. The number of methoxy groups -OCH3 is 1. The molecule has 1 N–H and O–H groups in total. The molecule has 0 spiro atoms. The molecule has 0 aliphatic carbocycles. The summed E-state index contributed by atoms with van der Waals surface area (Å²) in [4.78, 5) is 0. The fourth-order valence-electron chi connectivity index (χ4n) is 1.97. The minimum absolute atomic E-state index is 0.251. The van der Waals surface area contributed by atoms with E-state index in [2.05, 4.69) is 15.9 Å². The zero-order valence-electron chi connectivity index (χ0n) is 10.9. The highest BCUT2D eigenvalue weighted by Crippen LogP contribution is 2.36. The Balaban J connectivity index is 2.26. The lowest BCUT2D eigenvalue weighted by molar-refractivity contribution is 0.290. The fourth-order valence-corrected chi connectivity index (χ4v) is 2.37. The minimum atomic E-state index is 0.251. The number of phenols is 1. The maximum absolute atomic E-state index is 9.49. The third kappa shape index (κ3) is 3.32. The summed E-state index contributed by atoms with van der Waals surface area (Å²) in [5, 5.41) is 12.4. The van der Waals surface area contributed by atoms with Gasteiger partial charge in [0.2, 0.25) is 0 Å². The zero-order chi connectivity index (χ0) is 13.7. The van der Waals surface area contributed by atoms with Gasteiger partial charge in [0.25, 0.3) is 0 Å². The molecule has 2 rings (SSSR count). The van der Waals surface area contributed by atoms with E-state index in [4.69, 9.17) is 9.47 Å². The molecule has 0 fully saturated rings. The van der Waals surface area contributed by atoms with Crippen molar-refractivity contribution in [3.8, 4) is 17.2 Å². The van der Waals surface area contributed by atoms with E-state index in [1.54, 1.807) is 19.2 Å². The molecule has 3 nitrogen and oxygen atoms in total. The van der Waals surface area contributed by atoms with Crippen LogP contribution in [0.2, 0.25) is 0 Å². The number of rotatable bonds is 6. The molecule has 2 aromatic carbocycles. The SMILES string of the molecule is COc1c(OCCCCBr)ccc2cc(O)ccc12. The summed E-state index contributed by atoms with van der Waals surface area (Å²) in [7, 11) is 1.63. The molecule has 0 atom stereocenters. The summed E-state index contributed by atoms with van der Waals surface area (Å²) in [5.41, 5.74) is 0. The molecular formula is C15H17BrO3. The molecule has 4 heteroatoms. The van der Waals surface area contributed by atoms with E-state index < -0.39 is 0 Å². The number of ether oxygens (including phenoxy) is 2. The van der Waals surface area contributed by atoms with Gasteiger partial charge in [-0.15, -0.1) is 0 Å². The second-order valence-corrected chi connectivity index (χ2v) is 5.04. The fraction of sp³-hybridized carbons (Fsp3) is 0.333. The van der Waals surface area contributed by atoms with Crippen LogP contribution in [0.1, 0.15) is 12.8 Å². The Kier molecular flexibility index (Phi) is 4.91. The first-order valence-corrected chi connectivity index (χ1v) is 7.37. The van der Waals surface area contributed by atoms with E-state index in [1.807, 2.05) is 18.2 Å². The van der Waals surface area contributed by atoms with Crippen LogP contribution in [-0.2, 0) is 0 Å². The molecule has 0 aliphatic heterocycles. The van der Waals surface area contributed by atoms with Crippen molar-refractivity contribution in [3.05, 3.63) is 30.3 Å². The third-order valence-corrected chi connectivity index (χ3v) is 3.47. The van der Waals surface area contributed by atoms with Crippen LogP contribution in [0.3, 0.4) is 0 Å². The van der Waals surface area contributed by atoms with Gasteiger partial charge in [0, 0.05) is 10.7 Å². The monoisotopic (exact) mass is 324 g/mol. The number of alkyl halides is 1. The maximum Gasteiger partial charge on any atom is 0.168 e. The van der Waals surface area contributed by atoms with Gasteiger partial charge in [-0.25, -0.2) is 0 Å². The summed E-state index contributed by atoms with van der Waals surface area (Å²) in [6.07, 6.45) is 2.09. The summed E-state index contributed by atoms with van der Waals surface area (Å²) < 4.78 is 11.2. The van der Waals surface area contributed by atoms with Crippen molar-refractivity contribution in [2.45, 2.75) is 12.8 Å². The Morgan fingerprint density at radius 2 is 2.00 bits per heavy atom. The largest absolute Gasteiger partial charge is 0.508 e. The molecule has 0 heterocycles. The Labute approximate surface area is 121 Å². The van der Waals surface area contributed by atoms with E-state index in [1.165, 1.54) is 0 Å². The van der Waals surface area contributed by atoms with Crippen LogP contribution >= 0.6 is 15.9 Å². The number of halogens is 1. The van der Waals surface area contributed by atoms with E-state index in [0.717, 1.165) is 40.4 Å². The second kappa shape index (κ2) is 6.66. The molecule has 0 unspecified atom stereocenters. The molecule has 0 aromatic heterocycles. The number of benzene rings is 2. The topological polar surface area (TPSA) is 38.7 Å². The van der Waals surface area contributed by atoms with Crippen molar-refractivity contribution in [2.75, 3.05) is 19.0 Å². The number of hydrogen-bond donors (Lipinski definition) is 1. The van der Waals surface area contributed by atoms with Crippen molar-refractivity contribution in [3.63, 3.8) is 0 Å². The van der Waals surface area contributed by atoms with Gasteiger partial charge in [0.05, 0.1) is 13.7 Å². The molecule has 2 aromatic rings. The Hall–Kier alpha value is -1.42.